The van der Waals surface area contributed by atoms with E-state index in [0.717, 1.165) is 5.56 Å². The van der Waals surface area contributed by atoms with Crippen LogP contribution in [-0.4, -0.2) is 32.7 Å². The van der Waals surface area contributed by atoms with Gasteiger partial charge in [-0.25, -0.2) is 0 Å². The predicted molar refractivity (Wildman–Crippen MR) is 67.7 cm³/mol. The van der Waals surface area contributed by atoms with E-state index in [9.17, 15) is 4.79 Å². The maximum atomic E-state index is 11.4. The van der Waals surface area contributed by atoms with Gasteiger partial charge in [0.2, 0.25) is 5.91 Å². The fourth-order valence-corrected chi connectivity index (χ4v) is 1.34. The molecule has 2 N–H and O–H groups in total. The lowest BCUT2D eigenvalue weighted by atomic mass is 10.1. The van der Waals surface area contributed by atoms with E-state index in [4.69, 9.17) is 10.00 Å². The topological polar surface area (TPSA) is 74.2 Å². The lowest BCUT2D eigenvalue weighted by Crippen LogP contribution is -2.34. The van der Waals surface area contributed by atoms with Crippen LogP contribution in [0.1, 0.15) is 11.1 Å². The summed E-state index contributed by atoms with van der Waals surface area (Å²) in [7, 11) is 1.62. The van der Waals surface area contributed by atoms with Gasteiger partial charge in [0.1, 0.15) is 0 Å². The molecular formula is C13H17N3O2. The highest BCUT2D eigenvalue weighted by Crippen LogP contribution is 2.02. The monoisotopic (exact) mass is 247 g/mol. The Morgan fingerprint density at radius 1 is 1.39 bits per heavy atom. The molecule has 1 rings (SSSR count). The third-order valence-corrected chi connectivity index (χ3v) is 2.34. The molecule has 5 heteroatoms. The molecule has 0 aliphatic carbocycles. The van der Waals surface area contributed by atoms with Crippen molar-refractivity contribution in [2.45, 2.75) is 6.54 Å². The molecular weight excluding hydrogens is 230 g/mol. The van der Waals surface area contributed by atoms with Crippen molar-refractivity contribution in [2.75, 3.05) is 26.8 Å². The first-order chi connectivity index (χ1) is 8.76. The minimum atomic E-state index is -0.0598. The molecule has 1 aromatic carbocycles. The number of ether oxygens (including phenoxy) is 1. The Bertz CT molecular complexity index is 409. The van der Waals surface area contributed by atoms with E-state index in [1.54, 1.807) is 19.2 Å². The maximum absolute atomic E-state index is 11.4. The molecule has 0 aromatic heterocycles. The van der Waals surface area contributed by atoms with E-state index in [1.807, 2.05) is 18.2 Å². The second kappa shape index (κ2) is 8.23. The van der Waals surface area contributed by atoms with E-state index >= 15 is 0 Å². The Hall–Kier alpha value is -1.90. The van der Waals surface area contributed by atoms with Crippen molar-refractivity contribution in [1.29, 1.82) is 5.26 Å². The van der Waals surface area contributed by atoms with Gasteiger partial charge in [0.25, 0.3) is 0 Å². The van der Waals surface area contributed by atoms with Crippen LogP contribution in [0, 0.1) is 11.3 Å². The molecule has 0 saturated heterocycles. The quantitative estimate of drug-likeness (QED) is 0.684. The average Bonchev–Trinajstić information content (AvgIpc) is 2.42. The van der Waals surface area contributed by atoms with Crippen molar-refractivity contribution in [3.05, 3.63) is 35.4 Å². The molecule has 0 bridgehead atoms. The van der Waals surface area contributed by atoms with E-state index < -0.39 is 0 Å². The molecule has 0 saturated carbocycles. The number of hydrogen-bond donors (Lipinski definition) is 2. The number of rotatable bonds is 7. The number of amides is 1. The molecule has 5 nitrogen and oxygen atoms in total. The lowest BCUT2D eigenvalue weighted by Gasteiger charge is -2.06. The summed E-state index contributed by atoms with van der Waals surface area (Å²) in [5.74, 6) is -0.0598. The van der Waals surface area contributed by atoms with Gasteiger partial charge >= 0.3 is 0 Å². The van der Waals surface area contributed by atoms with Gasteiger partial charge in [0.15, 0.2) is 0 Å². The standard InChI is InChI=1S/C13H17N3O2/c1-18-7-6-15-10-13(17)16-9-12-4-2-11(8-14)3-5-12/h2-5,15H,6-7,9-10H2,1H3,(H,16,17). The van der Waals surface area contributed by atoms with Crippen molar-refractivity contribution in [1.82, 2.24) is 10.6 Å². The number of carbonyl (C=O) groups is 1. The summed E-state index contributed by atoms with van der Waals surface area (Å²) in [6, 6.07) is 9.18. The van der Waals surface area contributed by atoms with Gasteiger partial charge < -0.3 is 15.4 Å². The van der Waals surface area contributed by atoms with E-state index in [0.29, 0.717) is 25.3 Å². The minimum absolute atomic E-state index is 0.0598. The third kappa shape index (κ3) is 5.43. The van der Waals surface area contributed by atoms with Crippen molar-refractivity contribution < 1.29 is 9.53 Å². The average molecular weight is 247 g/mol. The first-order valence-electron chi connectivity index (χ1n) is 5.71. The Kier molecular flexibility index (Phi) is 6.47. The number of nitrogens with one attached hydrogen (secondary N) is 2. The summed E-state index contributed by atoms with van der Waals surface area (Å²) in [6.07, 6.45) is 0. The fraction of sp³-hybridized carbons (Fsp3) is 0.385. The summed E-state index contributed by atoms with van der Waals surface area (Å²) in [5.41, 5.74) is 1.59. The molecule has 0 atom stereocenters. The van der Waals surface area contributed by atoms with Gasteiger partial charge in [-0.3, -0.25) is 4.79 Å². The molecule has 18 heavy (non-hydrogen) atoms. The number of methoxy groups -OCH3 is 1. The van der Waals surface area contributed by atoms with Crippen molar-refractivity contribution >= 4 is 5.91 Å². The smallest absolute Gasteiger partial charge is 0.234 e. The van der Waals surface area contributed by atoms with Crippen molar-refractivity contribution in [3.8, 4) is 6.07 Å². The van der Waals surface area contributed by atoms with Crippen molar-refractivity contribution in [3.63, 3.8) is 0 Å². The maximum Gasteiger partial charge on any atom is 0.234 e. The van der Waals surface area contributed by atoms with E-state index in [-0.39, 0.29) is 12.5 Å². The molecule has 0 unspecified atom stereocenters. The van der Waals surface area contributed by atoms with Crippen LogP contribution in [0.3, 0.4) is 0 Å². The highest BCUT2D eigenvalue weighted by Gasteiger charge is 2.00. The third-order valence-electron chi connectivity index (χ3n) is 2.34. The second-order valence-electron chi connectivity index (χ2n) is 3.76. The van der Waals surface area contributed by atoms with Crippen LogP contribution in [0.2, 0.25) is 0 Å². The second-order valence-corrected chi connectivity index (χ2v) is 3.76. The zero-order valence-corrected chi connectivity index (χ0v) is 10.4. The Morgan fingerprint density at radius 2 is 2.11 bits per heavy atom. The van der Waals surface area contributed by atoms with Crippen molar-refractivity contribution in [2.24, 2.45) is 0 Å². The summed E-state index contributed by atoms with van der Waals surface area (Å²) >= 11 is 0. The Labute approximate surface area is 107 Å². The molecule has 96 valence electrons. The highest BCUT2D eigenvalue weighted by molar-refractivity contribution is 5.77. The molecule has 0 heterocycles. The Morgan fingerprint density at radius 3 is 2.72 bits per heavy atom. The van der Waals surface area contributed by atoms with E-state index in [2.05, 4.69) is 10.6 Å². The zero-order valence-electron chi connectivity index (χ0n) is 10.4. The normalized spacial score (nSPS) is 9.78. The van der Waals surface area contributed by atoms with Crippen LogP contribution in [0.4, 0.5) is 0 Å². The van der Waals surface area contributed by atoms with Crippen LogP contribution in [0.25, 0.3) is 0 Å². The van der Waals surface area contributed by atoms with E-state index in [1.165, 1.54) is 0 Å². The summed E-state index contributed by atoms with van der Waals surface area (Å²) < 4.78 is 4.85. The molecule has 0 fully saturated rings. The van der Waals surface area contributed by atoms with Gasteiger partial charge in [0, 0.05) is 20.2 Å². The van der Waals surface area contributed by atoms with Crippen LogP contribution in [0.15, 0.2) is 24.3 Å². The first kappa shape index (κ1) is 14.2. The van der Waals surface area contributed by atoms with Gasteiger partial charge in [-0.15, -0.1) is 0 Å². The number of benzene rings is 1. The van der Waals surface area contributed by atoms with Gasteiger partial charge in [-0.05, 0) is 17.7 Å². The summed E-state index contributed by atoms with van der Waals surface area (Å²) in [6.45, 7) is 1.99. The highest BCUT2D eigenvalue weighted by atomic mass is 16.5. The lowest BCUT2D eigenvalue weighted by molar-refractivity contribution is -0.120. The summed E-state index contributed by atoms with van der Waals surface area (Å²) in [4.78, 5) is 11.4. The van der Waals surface area contributed by atoms with Crippen LogP contribution in [-0.2, 0) is 16.1 Å². The Balaban J connectivity index is 2.23. The number of nitriles is 1. The van der Waals surface area contributed by atoms with Crippen LogP contribution in [0.5, 0.6) is 0 Å². The van der Waals surface area contributed by atoms with Gasteiger partial charge in [0.05, 0.1) is 24.8 Å². The van der Waals surface area contributed by atoms with Crippen LogP contribution < -0.4 is 10.6 Å². The minimum Gasteiger partial charge on any atom is -0.383 e. The number of carbonyl (C=O) groups excluding carboxylic acids is 1. The fourth-order valence-electron chi connectivity index (χ4n) is 1.34. The summed E-state index contributed by atoms with van der Waals surface area (Å²) in [5, 5.41) is 14.4. The molecule has 1 amide bonds. The zero-order chi connectivity index (χ0) is 13.2. The van der Waals surface area contributed by atoms with Crippen LogP contribution >= 0.6 is 0 Å². The molecule has 0 radical (unpaired) electrons. The molecule has 0 aliphatic heterocycles. The van der Waals surface area contributed by atoms with Gasteiger partial charge in [-0.2, -0.15) is 5.26 Å². The molecule has 1 aromatic rings. The van der Waals surface area contributed by atoms with Gasteiger partial charge in [-0.1, -0.05) is 12.1 Å². The number of nitrogens with zero attached hydrogens (tertiary/aromatic N) is 1. The number of hydrogen-bond acceptors (Lipinski definition) is 4. The molecule has 0 aliphatic rings. The first-order valence-corrected chi connectivity index (χ1v) is 5.71. The molecule has 0 spiro atoms. The predicted octanol–water partition coefficient (Wildman–Crippen LogP) is 0.410. The SMILES string of the molecule is COCCNCC(=O)NCc1ccc(C#N)cc1. The largest absolute Gasteiger partial charge is 0.383 e.